The largest absolute Gasteiger partial charge is 0.335 e. The maximum atomic E-state index is 11.9. The zero-order valence-electron chi connectivity index (χ0n) is 12.5. The monoisotopic (exact) mass is 337 g/mol. The van der Waals surface area contributed by atoms with Crippen LogP contribution in [0.5, 0.6) is 0 Å². The molecule has 2 amide bonds. The first kappa shape index (κ1) is 16.6. The van der Waals surface area contributed by atoms with Crippen LogP contribution in [-0.4, -0.2) is 33.3 Å². The number of hydrogen-bond acceptors (Lipinski definition) is 4. The van der Waals surface area contributed by atoms with Crippen LogP contribution < -0.4 is 10.6 Å². The number of nitrogens with one attached hydrogen (secondary N) is 2. The van der Waals surface area contributed by atoms with Crippen molar-refractivity contribution in [3.63, 3.8) is 0 Å². The molecule has 2 aromatic rings. The Morgan fingerprint density at radius 1 is 1.36 bits per heavy atom. The van der Waals surface area contributed by atoms with Gasteiger partial charge in [-0.2, -0.15) is 0 Å². The fourth-order valence-corrected chi connectivity index (χ4v) is 3.34. The van der Waals surface area contributed by atoms with Crippen molar-refractivity contribution in [2.45, 2.75) is 19.4 Å². The van der Waals surface area contributed by atoms with Crippen LogP contribution in [0.25, 0.3) is 10.4 Å². The Labute approximate surface area is 136 Å². The van der Waals surface area contributed by atoms with E-state index in [1.807, 2.05) is 37.3 Å². The fourth-order valence-electron chi connectivity index (χ4n) is 1.84. The molecule has 22 heavy (non-hydrogen) atoms. The summed E-state index contributed by atoms with van der Waals surface area (Å²) in [5.41, 5.74) is 1.08. The summed E-state index contributed by atoms with van der Waals surface area (Å²) < 4.78 is 11.0. The van der Waals surface area contributed by atoms with Crippen LogP contribution in [0.3, 0.4) is 0 Å². The molecule has 0 radical (unpaired) electrons. The Hall–Kier alpha value is -1.73. The minimum absolute atomic E-state index is 0.0301. The first-order valence-electron chi connectivity index (χ1n) is 6.93. The Bertz CT molecular complexity index is 643. The molecule has 2 rings (SSSR count). The number of carbonyl (C=O) groups is 1. The molecule has 0 spiro atoms. The normalized spacial score (nSPS) is 13.4. The second-order valence-corrected chi connectivity index (χ2v) is 7.55. The van der Waals surface area contributed by atoms with E-state index in [0.717, 1.165) is 10.4 Å². The maximum Gasteiger partial charge on any atom is 0.321 e. The standard InChI is InChI=1S/C15H19N3O2S2/c1-11(8-9-22(2)20)17-14(19)18-15-16-10-13(21-15)12-6-4-3-5-7-12/h3-7,10-11H,8-9H2,1-2H3,(H2,16,17,18,19). The number of hydrogen-bond donors (Lipinski definition) is 2. The van der Waals surface area contributed by atoms with Gasteiger partial charge in [0.25, 0.3) is 0 Å². The number of rotatable bonds is 6. The number of carbonyl (C=O) groups excluding carboxylic acids is 1. The summed E-state index contributed by atoms with van der Waals surface area (Å²) >= 11 is 1.43. The van der Waals surface area contributed by atoms with Crippen molar-refractivity contribution < 1.29 is 9.00 Å². The zero-order valence-corrected chi connectivity index (χ0v) is 14.2. The summed E-state index contributed by atoms with van der Waals surface area (Å²) in [7, 11) is -0.839. The highest BCUT2D eigenvalue weighted by molar-refractivity contribution is 7.84. The van der Waals surface area contributed by atoms with Crippen LogP contribution in [-0.2, 0) is 10.8 Å². The van der Waals surface area contributed by atoms with Gasteiger partial charge in [-0.3, -0.25) is 9.53 Å². The molecule has 7 heteroatoms. The van der Waals surface area contributed by atoms with Gasteiger partial charge in [-0.15, -0.1) is 0 Å². The van der Waals surface area contributed by atoms with Crippen molar-refractivity contribution in [1.29, 1.82) is 0 Å². The Morgan fingerprint density at radius 3 is 2.77 bits per heavy atom. The molecule has 0 saturated carbocycles. The van der Waals surface area contributed by atoms with Crippen molar-refractivity contribution in [3.8, 4) is 10.4 Å². The van der Waals surface area contributed by atoms with Gasteiger partial charge in [0.2, 0.25) is 0 Å². The molecule has 1 heterocycles. The number of benzene rings is 1. The number of nitrogens with zero attached hydrogens (tertiary/aromatic N) is 1. The Kier molecular flexibility index (Phi) is 6.09. The van der Waals surface area contributed by atoms with Crippen LogP contribution in [0.15, 0.2) is 36.5 Å². The van der Waals surface area contributed by atoms with Crippen molar-refractivity contribution in [3.05, 3.63) is 36.5 Å². The lowest BCUT2D eigenvalue weighted by atomic mass is 10.2. The third kappa shape index (κ3) is 5.23. The summed E-state index contributed by atoms with van der Waals surface area (Å²) in [6.45, 7) is 1.89. The zero-order chi connectivity index (χ0) is 15.9. The lowest BCUT2D eigenvalue weighted by Gasteiger charge is -2.12. The van der Waals surface area contributed by atoms with Crippen molar-refractivity contribution in [2.75, 3.05) is 17.3 Å². The van der Waals surface area contributed by atoms with E-state index in [1.54, 1.807) is 12.5 Å². The fraction of sp³-hybridized carbons (Fsp3) is 0.333. The molecule has 5 nitrogen and oxygen atoms in total. The van der Waals surface area contributed by atoms with E-state index >= 15 is 0 Å². The van der Waals surface area contributed by atoms with Crippen LogP contribution >= 0.6 is 11.3 Å². The van der Waals surface area contributed by atoms with Crippen LogP contribution in [0.1, 0.15) is 13.3 Å². The Morgan fingerprint density at radius 2 is 2.09 bits per heavy atom. The molecule has 0 bridgehead atoms. The number of amides is 2. The number of urea groups is 1. The molecule has 1 aromatic heterocycles. The molecule has 0 fully saturated rings. The Balaban J connectivity index is 1.87. The topological polar surface area (TPSA) is 71.1 Å². The van der Waals surface area contributed by atoms with E-state index in [4.69, 9.17) is 0 Å². The minimum atomic E-state index is -0.839. The van der Waals surface area contributed by atoms with Crippen LogP contribution in [0.2, 0.25) is 0 Å². The quantitative estimate of drug-likeness (QED) is 0.851. The molecule has 2 N–H and O–H groups in total. The van der Waals surface area contributed by atoms with E-state index in [1.165, 1.54) is 11.3 Å². The first-order valence-corrected chi connectivity index (χ1v) is 9.48. The lowest BCUT2D eigenvalue weighted by molar-refractivity contribution is 0.249. The molecule has 1 aromatic carbocycles. The van der Waals surface area contributed by atoms with E-state index in [9.17, 15) is 9.00 Å². The van der Waals surface area contributed by atoms with Crippen molar-refractivity contribution >= 4 is 33.3 Å². The third-order valence-corrected chi connectivity index (χ3v) is 4.77. The predicted molar refractivity (Wildman–Crippen MR) is 92.7 cm³/mol. The molecule has 0 aliphatic rings. The highest BCUT2D eigenvalue weighted by Crippen LogP contribution is 2.28. The SMILES string of the molecule is CC(CCS(C)=O)NC(=O)Nc1ncc(-c2ccccc2)s1. The molecule has 0 aliphatic heterocycles. The molecular weight excluding hydrogens is 318 g/mol. The van der Waals surface area contributed by atoms with E-state index in [-0.39, 0.29) is 12.1 Å². The molecule has 0 saturated heterocycles. The summed E-state index contributed by atoms with van der Waals surface area (Å²) in [4.78, 5) is 17.1. The van der Waals surface area contributed by atoms with E-state index in [2.05, 4.69) is 15.6 Å². The smallest absolute Gasteiger partial charge is 0.321 e. The van der Waals surface area contributed by atoms with Gasteiger partial charge in [-0.05, 0) is 18.9 Å². The molecule has 118 valence electrons. The van der Waals surface area contributed by atoms with Gasteiger partial charge in [-0.25, -0.2) is 9.78 Å². The molecular formula is C15H19N3O2S2. The highest BCUT2D eigenvalue weighted by atomic mass is 32.2. The van der Waals surface area contributed by atoms with Gasteiger partial charge in [0.15, 0.2) is 5.13 Å². The van der Waals surface area contributed by atoms with Gasteiger partial charge in [0.1, 0.15) is 0 Å². The highest BCUT2D eigenvalue weighted by Gasteiger charge is 2.10. The van der Waals surface area contributed by atoms with Gasteiger partial charge in [0, 0.05) is 35.0 Å². The van der Waals surface area contributed by atoms with Gasteiger partial charge < -0.3 is 5.32 Å². The lowest BCUT2D eigenvalue weighted by Crippen LogP contribution is -2.36. The summed E-state index contributed by atoms with van der Waals surface area (Å²) in [6, 6.07) is 9.58. The summed E-state index contributed by atoms with van der Waals surface area (Å²) in [5.74, 6) is 0.580. The average molecular weight is 337 g/mol. The number of aromatic nitrogens is 1. The van der Waals surface area contributed by atoms with Gasteiger partial charge >= 0.3 is 6.03 Å². The number of anilines is 1. The summed E-state index contributed by atoms with van der Waals surface area (Å²) in [6.07, 6.45) is 4.09. The average Bonchev–Trinajstić information content (AvgIpc) is 2.94. The van der Waals surface area contributed by atoms with Crippen molar-refractivity contribution in [2.24, 2.45) is 0 Å². The maximum absolute atomic E-state index is 11.9. The van der Waals surface area contributed by atoms with E-state index < -0.39 is 10.8 Å². The predicted octanol–water partition coefficient (Wildman–Crippen LogP) is 3.09. The third-order valence-electron chi connectivity index (χ3n) is 3.00. The van der Waals surface area contributed by atoms with Crippen LogP contribution in [0, 0.1) is 0 Å². The van der Waals surface area contributed by atoms with Gasteiger partial charge in [0.05, 0.1) is 4.88 Å². The number of thiazole rings is 1. The van der Waals surface area contributed by atoms with E-state index in [0.29, 0.717) is 17.3 Å². The first-order chi connectivity index (χ1) is 10.5. The molecule has 2 atom stereocenters. The van der Waals surface area contributed by atoms with Crippen LogP contribution in [0.4, 0.5) is 9.93 Å². The molecule has 0 aliphatic carbocycles. The van der Waals surface area contributed by atoms with Crippen molar-refractivity contribution in [1.82, 2.24) is 10.3 Å². The van der Waals surface area contributed by atoms with Gasteiger partial charge in [-0.1, -0.05) is 41.7 Å². The second-order valence-electron chi connectivity index (χ2n) is 4.96. The summed E-state index contributed by atoms with van der Waals surface area (Å²) in [5, 5.41) is 6.11. The molecule has 2 unspecified atom stereocenters. The second kappa shape index (κ2) is 8.05. The minimum Gasteiger partial charge on any atom is -0.335 e.